The molecule has 0 aliphatic heterocycles. The molecule has 0 saturated heterocycles. The molecule has 0 fully saturated rings. The van der Waals surface area contributed by atoms with Crippen LogP contribution in [0, 0.1) is 22.4 Å². The highest BCUT2D eigenvalue weighted by molar-refractivity contribution is 5.93. The number of aromatic nitrogens is 1. The Kier molecular flexibility index (Phi) is 3.97. The number of aryl methyl sites for hydroxylation is 1. The molecule has 1 heterocycles. The van der Waals surface area contributed by atoms with Crippen LogP contribution in [0.15, 0.2) is 12.3 Å². The largest absolute Gasteiger partial charge is 0.382 e. The second kappa shape index (κ2) is 4.52. The maximum absolute atomic E-state index is 10.4. The molecular weight excluding hydrogens is 208 g/mol. The van der Waals surface area contributed by atoms with Crippen LogP contribution >= 0.6 is 12.4 Å². The first kappa shape index (κ1) is 12.3. The Morgan fingerprint density at radius 1 is 1.71 bits per heavy atom. The maximum Gasteiger partial charge on any atom is 0.290 e. The van der Waals surface area contributed by atoms with Gasteiger partial charge in [-0.05, 0) is 13.0 Å². The summed E-state index contributed by atoms with van der Waals surface area (Å²) < 4.78 is 0. The van der Waals surface area contributed by atoms with Crippen LogP contribution in [-0.4, -0.2) is 15.7 Å². The minimum absolute atomic E-state index is 0. The van der Waals surface area contributed by atoms with Crippen molar-refractivity contribution in [3.8, 4) is 0 Å². The van der Waals surface area contributed by atoms with Crippen molar-refractivity contribution in [2.75, 3.05) is 0 Å². The summed E-state index contributed by atoms with van der Waals surface area (Å²) >= 11 is 0. The Hall–Kier alpha value is -1.69. The summed E-state index contributed by atoms with van der Waals surface area (Å²) in [6.45, 7) is 1.58. The molecule has 14 heavy (non-hydrogen) atoms. The van der Waals surface area contributed by atoms with Crippen LogP contribution in [0.3, 0.4) is 0 Å². The molecule has 6 nitrogen and oxygen atoms in total. The summed E-state index contributed by atoms with van der Waals surface area (Å²) in [6.07, 6.45) is 1.10. The highest BCUT2D eigenvalue weighted by Gasteiger charge is 2.11. The van der Waals surface area contributed by atoms with E-state index >= 15 is 0 Å². The number of pyridine rings is 1. The molecule has 0 amide bonds. The Balaban J connectivity index is 0.00000169. The highest BCUT2D eigenvalue weighted by atomic mass is 35.5. The summed E-state index contributed by atoms with van der Waals surface area (Å²) in [4.78, 5) is 13.5. The van der Waals surface area contributed by atoms with Gasteiger partial charge in [-0.1, -0.05) is 0 Å². The zero-order valence-electron chi connectivity index (χ0n) is 7.35. The number of nitrogens with two attached hydrogens (primary N) is 1. The van der Waals surface area contributed by atoms with Crippen LogP contribution in [0.1, 0.15) is 11.3 Å². The van der Waals surface area contributed by atoms with Gasteiger partial charge in [0.25, 0.3) is 5.69 Å². The third-order valence-corrected chi connectivity index (χ3v) is 1.56. The van der Waals surface area contributed by atoms with E-state index in [0.717, 1.165) is 6.20 Å². The van der Waals surface area contributed by atoms with E-state index in [2.05, 4.69) is 4.98 Å². The highest BCUT2D eigenvalue weighted by Crippen LogP contribution is 2.15. The second-order valence-corrected chi connectivity index (χ2v) is 2.53. The molecule has 0 spiro atoms. The van der Waals surface area contributed by atoms with Gasteiger partial charge in [0.1, 0.15) is 17.7 Å². The minimum atomic E-state index is -0.522. The first-order valence-electron chi connectivity index (χ1n) is 3.48. The summed E-state index contributed by atoms with van der Waals surface area (Å²) in [5, 5.41) is 17.4. The predicted molar refractivity (Wildman–Crippen MR) is 53.9 cm³/mol. The van der Waals surface area contributed by atoms with E-state index < -0.39 is 4.92 Å². The Morgan fingerprint density at radius 3 is 2.64 bits per heavy atom. The van der Waals surface area contributed by atoms with Gasteiger partial charge in [-0.3, -0.25) is 15.5 Å². The Morgan fingerprint density at radius 2 is 2.29 bits per heavy atom. The average molecular weight is 217 g/mol. The molecule has 1 aromatic heterocycles. The van der Waals surface area contributed by atoms with E-state index in [1.165, 1.54) is 6.07 Å². The average Bonchev–Trinajstić information content (AvgIpc) is 2.03. The van der Waals surface area contributed by atoms with Crippen molar-refractivity contribution in [1.82, 2.24) is 4.98 Å². The first-order valence-corrected chi connectivity index (χ1v) is 3.48. The van der Waals surface area contributed by atoms with Crippen molar-refractivity contribution < 1.29 is 4.92 Å². The van der Waals surface area contributed by atoms with Crippen LogP contribution in [0.4, 0.5) is 5.69 Å². The lowest BCUT2D eigenvalue weighted by molar-refractivity contribution is -0.385. The lowest BCUT2D eigenvalue weighted by Crippen LogP contribution is -2.13. The van der Waals surface area contributed by atoms with Crippen LogP contribution in [0.25, 0.3) is 0 Å². The van der Waals surface area contributed by atoms with E-state index in [-0.39, 0.29) is 29.6 Å². The van der Waals surface area contributed by atoms with E-state index in [1.54, 1.807) is 6.92 Å². The molecule has 0 radical (unpaired) electrons. The maximum atomic E-state index is 10.4. The van der Waals surface area contributed by atoms with Gasteiger partial charge >= 0.3 is 0 Å². The summed E-state index contributed by atoms with van der Waals surface area (Å²) in [7, 11) is 0. The molecule has 1 aromatic rings. The molecule has 0 aliphatic carbocycles. The molecule has 1 rings (SSSR count). The van der Waals surface area contributed by atoms with Gasteiger partial charge in [-0.25, -0.2) is 4.98 Å². The van der Waals surface area contributed by atoms with Crippen molar-refractivity contribution in [3.63, 3.8) is 0 Å². The number of rotatable bonds is 2. The van der Waals surface area contributed by atoms with Gasteiger partial charge in [-0.15, -0.1) is 12.4 Å². The molecule has 0 unspecified atom stereocenters. The Bertz CT molecular complexity index is 380. The smallest absolute Gasteiger partial charge is 0.290 e. The SMILES string of the molecule is Cc1cc(C(=N)N)ncc1[N+](=O)[O-].Cl. The molecule has 0 aromatic carbocycles. The second-order valence-electron chi connectivity index (χ2n) is 2.53. The molecule has 0 bridgehead atoms. The van der Waals surface area contributed by atoms with Gasteiger partial charge < -0.3 is 5.73 Å². The predicted octanol–water partition coefficient (Wildman–Crippen LogP) is 1.00. The number of hydrogen-bond donors (Lipinski definition) is 2. The third kappa shape index (κ3) is 2.40. The fraction of sp³-hybridized carbons (Fsp3) is 0.143. The zero-order chi connectivity index (χ0) is 10.0. The lowest BCUT2D eigenvalue weighted by atomic mass is 10.2. The molecule has 0 atom stereocenters. The molecule has 0 saturated carbocycles. The van der Waals surface area contributed by atoms with Crippen molar-refractivity contribution >= 4 is 23.9 Å². The van der Waals surface area contributed by atoms with E-state index in [0.29, 0.717) is 5.56 Å². The van der Waals surface area contributed by atoms with Crippen LogP contribution in [-0.2, 0) is 0 Å². The lowest BCUT2D eigenvalue weighted by Gasteiger charge is -1.99. The summed E-state index contributed by atoms with van der Waals surface area (Å²) in [5.41, 5.74) is 5.80. The molecule has 3 N–H and O–H groups in total. The van der Waals surface area contributed by atoms with Crippen molar-refractivity contribution in [2.45, 2.75) is 6.92 Å². The number of hydrogen-bond acceptors (Lipinski definition) is 4. The van der Waals surface area contributed by atoms with Gasteiger partial charge in [0.2, 0.25) is 0 Å². The zero-order valence-corrected chi connectivity index (χ0v) is 8.17. The molecule has 7 heteroatoms. The van der Waals surface area contributed by atoms with Crippen LogP contribution < -0.4 is 5.73 Å². The van der Waals surface area contributed by atoms with E-state index in [1.807, 2.05) is 0 Å². The normalized spacial score (nSPS) is 8.93. The van der Waals surface area contributed by atoms with Gasteiger partial charge in [0.05, 0.1) is 4.92 Å². The van der Waals surface area contributed by atoms with Crippen molar-refractivity contribution in [3.05, 3.63) is 33.6 Å². The summed E-state index contributed by atoms with van der Waals surface area (Å²) in [5.74, 6) is -0.196. The van der Waals surface area contributed by atoms with Crippen LogP contribution in [0.5, 0.6) is 0 Å². The van der Waals surface area contributed by atoms with Gasteiger partial charge in [0, 0.05) is 5.56 Å². The number of amidine groups is 1. The van der Waals surface area contributed by atoms with Gasteiger partial charge in [0.15, 0.2) is 0 Å². The quantitative estimate of drug-likeness (QED) is 0.333. The topological polar surface area (TPSA) is 106 Å². The minimum Gasteiger partial charge on any atom is -0.382 e. The van der Waals surface area contributed by atoms with Crippen molar-refractivity contribution in [1.29, 1.82) is 5.41 Å². The fourth-order valence-corrected chi connectivity index (χ4v) is 0.887. The van der Waals surface area contributed by atoms with Gasteiger partial charge in [-0.2, -0.15) is 0 Å². The summed E-state index contributed by atoms with van der Waals surface area (Å²) in [6, 6.07) is 1.42. The standard InChI is InChI=1S/C7H8N4O2.ClH/c1-4-2-5(7(8)9)10-3-6(4)11(12)13;/h2-3H,1H3,(H3,8,9);1H. The van der Waals surface area contributed by atoms with Crippen LogP contribution in [0.2, 0.25) is 0 Å². The fourth-order valence-electron chi connectivity index (χ4n) is 0.887. The Labute approximate surface area is 86.2 Å². The number of halogens is 1. The number of nitrogen functional groups attached to an aromatic ring is 1. The molecular formula is C7H9ClN4O2. The van der Waals surface area contributed by atoms with E-state index in [9.17, 15) is 10.1 Å². The monoisotopic (exact) mass is 216 g/mol. The number of nitrogens with zero attached hydrogens (tertiary/aromatic N) is 2. The molecule has 76 valence electrons. The number of nitrogens with one attached hydrogen (secondary N) is 1. The number of nitro groups is 1. The van der Waals surface area contributed by atoms with E-state index in [4.69, 9.17) is 11.1 Å². The first-order chi connectivity index (χ1) is 6.02. The third-order valence-electron chi connectivity index (χ3n) is 1.56. The van der Waals surface area contributed by atoms with Crippen molar-refractivity contribution in [2.24, 2.45) is 5.73 Å². The molecule has 0 aliphatic rings.